The van der Waals surface area contributed by atoms with Gasteiger partial charge in [0.15, 0.2) is 0 Å². The van der Waals surface area contributed by atoms with E-state index in [0.717, 1.165) is 57.6 Å². The third-order valence-corrected chi connectivity index (χ3v) is 6.36. The van der Waals surface area contributed by atoms with E-state index in [2.05, 4.69) is 35.1 Å². The van der Waals surface area contributed by atoms with Crippen molar-refractivity contribution in [1.82, 2.24) is 9.97 Å². The molecule has 0 radical (unpaired) electrons. The third kappa shape index (κ3) is 4.30. The second-order valence-electron chi connectivity index (χ2n) is 8.35. The van der Waals surface area contributed by atoms with Crippen LogP contribution in [0.3, 0.4) is 0 Å². The van der Waals surface area contributed by atoms with Crippen LogP contribution in [0, 0.1) is 0 Å². The second kappa shape index (κ2) is 9.50. The number of hydrogen-bond donors (Lipinski definition) is 2. The van der Waals surface area contributed by atoms with Crippen molar-refractivity contribution in [2.75, 3.05) is 30.4 Å². The van der Waals surface area contributed by atoms with Gasteiger partial charge in [0.25, 0.3) is 5.91 Å². The van der Waals surface area contributed by atoms with Crippen LogP contribution < -0.4 is 15.0 Å². The maximum atomic E-state index is 13.1. The maximum Gasteiger partial charge on any atom is 0.256 e. The van der Waals surface area contributed by atoms with Crippen LogP contribution in [0.15, 0.2) is 78.9 Å². The van der Waals surface area contributed by atoms with Gasteiger partial charge in [0.05, 0.1) is 18.3 Å². The molecule has 35 heavy (non-hydrogen) atoms. The Morgan fingerprint density at radius 1 is 0.943 bits per heavy atom. The normalized spacial score (nSPS) is 11.1. The average Bonchev–Trinajstić information content (AvgIpc) is 3.28. The Labute approximate surface area is 204 Å². The first kappa shape index (κ1) is 22.5. The maximum absolute atomic E-state index is 13.1. The Hall–Kier alpha value is -4.32. The molecule has 6 nitrogen and oxygen atoms in total. The Kier molecular flexibility index (Phi) is 6.10. The van der Waals surface area contributed by atoms with Crippen molar-refractivity contribution in [2.24, 2.45) is 0 Å². The molecule has 0 spiro atoms. The number of rotatable bonds is 7. The smallest absolute Gasteiger partial charge is 0.256 e. The van der Waals surface area contributed by atoms with Gasteiger partial charge < -0.3 is 19.9 Å². The van der Waals surface area contributed by atoms with E-state index in [0.29, 0.717) is 11.4 Å². The Morgan fingerprint density at radius 3 is 2.34 bits per heavy atom. The summed E-state index contributed by atoms with van der Waals surface area (Å²) in [5.74, 6) is 1.09. The molecule has 5 rings (SSSR count). The number of hydrogen-bond acceptors (Lipinski definition) is 4. The van der Waals surface area contributed by atoms with E-state index in [-0.39, 0.29) is 5.91 Å². The molecule has 5 aromatic rings. The molecule has 6 heteroatoms. The number of aromatic amines is 1. The molecule has 0 unspecified atom stereocenters. The van der Waals surface area contributed by atoms with Gasteiger partial charge in [-0.15, -0.1) is 0 Å². The molecule has 2 heterocycles. The molecule has 0 aliphatic carbocycles. The molecule has 0 atom stereocenters. The number of anilines is 2. The lowest BCUT2D eigenvalue weighted by molar-refractivity contribution is 0.102. The van der Waals surface area contributed by atoms with Crippen molar-refractivity contribution >= 4 is 39.2 Å². The molecular weight excluding hydrogens is 436 g/mol. The van der Waals surface area contributed by atoms with Gasteiger partial charge in [0.1, 0.15) is 11.6 Å². The zero-order chi connectivity index (χ0) is 24.4. The standard InChI is InChI=1S/C29H28N4O2/c1-4-33(5-2)21-14-10-20(11-15-21)29(34)32-26-18-24-23-8-6-7-9-25(23)30-28(24)27(31-26)19-12-16-22(35-3)17-13-19/h6-18,30H,4-5H2,1-3H3,(H,31,32,34). The first-order valence-electron chi connectivity index (χ1n) is 11.8. The van der Waals surface area contributed by atoms with Crippen LogP contribution in [-0.2, 0) is 0 Å². The highest BCUT2D eigenvalue weighted by Crippen LogP contribution is 2.34. The Bertz CT molecular complexity index is 1480. The Morgan fingerprint density at radius 2 is 1.66 bits per heavy atom. The number of nitrogens with zero attached hydrogens (tertiary/aromatic N) is 2. The summed E-state index contributed by atoms with van der Waals surface area (Å²) in [7, 11) is 1.65. The lowest BCUT2D eigenvalue weighted by atomic mass is 10.1. The molecular formula is C29H28N4O2. The highest BCUT2D eigenvalue weighted by Gasteiger charge is 2.16. The fraction of sp³-hybridized carbons (Fsp3) is 0.172. The predicted octanol–water partition coefficient (Wildman–Crippen LogP) is 6.49. The van der Waals surface area contributed by atoms with Crippen LogP contribution >= 0.6 is 0 Å². The summed E-state index contributed by atoms with van der Waals surface area (Å²) < 4.78 is 5.32. The third-order valence-electron chi connectivity index (χ3n) is 6.36. The van der Waals surface area contributed by atoms with Gasteiger partial charge in [-0.25, -0.2) is 4.98 Å². The van der Waals surface area contributed by atoms with Crippen LogP contribution in [0.25, 0.3) is 33.1 Å². The molecule has 0 saturated heterocycles. The number of amides is 1. The van der Waals surface area contributed by atoms with E-state index in [4.69, 9.17) is 9.72 Å². The van der Waals surface area contributed by atoms with Crippen LogP contribution in [0.4, 0.5) is 11.5 Å². The summed E-state index contributed by atoms with van der Waals surface area (Å²) in [5.41, 5.74) is 5.35. The zero-order valence-electron chi connectivity index (χ0n) is 20.1. The number of pyridine rings is 1. The molecule has 0 fully saturated rings. The SMILES string of the molecule is CCN(CC)c1ccc(C(=O)Nc2cc3c([nH]c4ccccc43)c(-c3ccc(OC)cc3)n2)cc1. The van der Waals surface area contributed by atoms with Crippen molar-refractivity contribution in [3.63, 3.8) is 0 Å². The fourth-order valence-corrected chi connectivity index (χ4v) is 4.47. The molecule has 0 aliphatic rings. The minimum atomic E-state index is -0.191. The van der Waals surface area contributed by atoms with E-state index >= 15 is 0 Å². The van der Waals surface area contributed by atoms with Gasteiger partial charge in [-0.3, -0.25) is 4.79 Å². The number of aromatic nitrogens is 2. The van der Waals surface area contributed by atoms with Crippen LogP contribution in [-0.4, -0.2) is 36.1 Å². The first-order valence-corrected chi connectivity index (χ1v) is 11.8. The van der Waals surface area contributed by atoms with Crippen molar-refractivity contribution in [2.45, 2.75) is 13.8 Å². The van der Waals surface area contributed by atoms with Gasteiger partial charge in [-0.05, 0) is 74.5 Å². The number of benzene rings is 3. The summed E-state index contributed by atoms with van der Waals surface area (Å²) >= 11 is 0. The van der Waals surface area contributed by atoms with Crippen molar-refractivity contribution < 1.29 is 9.53 Å². The monoisotopic (exact) mass is 464 g/mol. The van der Waals surface area contributed by atoms with E-state index in [1.54, 1.807) is 7.11 Å². The largest absolute Gasteiger partial charge is 0.497 e. The number of fused-ring (bicyclic) bond motifs is 3. The summed E-state index contributed by atoms with van der Waals surface area (Å²) in [6, 6.07) is 25.5. The number of nitrogens with one attached hydrogen (secondary N) is 2. The number of carbonyl (C=O) groups excluding carboxylic acids is 1. The number of para-hydroxylation sites is 1. The fourth-order valence-electron chi connectivity index (χ4n) is 4.47. The van der Waals surface area contributed by atoms with E-state index in [1.807, 2.05) is 72.8 Å². The van der Waals surface area contributed by atoms with Gasteiger partial charge >= 0.3 is 0 Å². The molecule has 2 N–H and O–H groups in total. The van der Waals surface area contributed by atoms with Crippen LogP contribution in [0.1, 0.15) is 24.2 Å². The number of H-pyrrole nitrogens is 1. The van der Waals surface area contributed by atoms with Crippen LogP contribution in [0.5, 0.6) is 5.75 Å². The Balaban J connectivity index is 1.54. The quantitative estimate of drug-likeness (QED) is 0.289. The van der Waals surface area contributed by atoms with Gasteiger partial charge in [0, 0.05) is 46.2 Å². The minimum absolute atomic E-state index is 0.191. The topological polar surface area (TPSA) is 70.2 Å². The van der Waals surface area contributed by atoms with E-state index in [9.17, 15) is 4.79 Å². The van der Waals surface area contributed by atoms with Gasteiger partial charge in [-0.2, -0.15) is 0 Å². The van der Waals surface area contributed by atoms with E-state index < -0.39 is 0 Å². The summed E-state index contributed by atoms with van der Waals surface area (Å²) in [6.45, 7) is 6.09. The lowest BCUT2D eigenvalue weighted by Gasteiger charge is -2.21. The van der Waals surface area contributed by atoms with Gasteiger partial charge in [0.2, 0.25) is 0 Å². The number of methoxy groups -OCH3 is 1. The van der Waals surface area contributed by atoms with Crippen molar-refractivity contribution in [1.29, 1.82) is 0 Å². The van der Waals surface area contributed by atoms with Gasteiger partial charge in [-0.1, -0.05) is 18.2 Å². The highest BCUT2D eigenvalue weighted by atomic mass is 16.5. The predicted molar refractivity (Wildman–Crippen MR) is 144 cm³/mol. The summed E-state index contributed by atoms with van der Waals surface area (Å²) in [5, 5.41) is 5.10. The molecule has 0 aliphatic heterocycles. The molecule has 3 aromatic carbocycles. The van der Waals surface area contributed by atoms with Crippen molar-refractivity contribution in [3.05, 3.63) is 84.4 Å². The summed E-state index contributed by atoms with van der Waals surface area (Å²) in [4.78, 5) is 23.7. The average molecular weight is 465 g/mol. The number of carbonyl (C=O) groups is 1. The van der Waals surface area contributed by atoms with Crippen molar-refractivity contribution in [3.8, 4) is 17.0 Å². The molecule has 2 aromatic heterocycles. The molecule has 0 saturated carbocycles. The lowest BCUT2D eigenvalue weighted by Crippen LogP contribution is -2.22. The second-order valence-corrected chi connectivity index (χ2v) is 8.35. The minimum Gasteiger partial charge on any atom is -0.497 e. The number of ether oxygens (including phenoxy) is 1. The molecule has 1 amide bonds. The highest BCUT2D eigenvalue weighted by molar-refractivity contribution is 6.13. The zero-order valence-corrected chi connectivity index (χ0v) is 20.1. The molecule has 0 bridgehead atoms. The first-order chi connectivity index (χ1) is 17.1. The molecule has 176 valence electrons. The summed E-state index contributed by atoms with van der Waals surface area (Å²) in [6.07, 6.45) is 0. The van der Waals surface area contributed by atoms with E-state index in [1.165, 1.54) is 0 Å². The van der Waals surface area contributed by atoms with Crippen LogP contribution in [0.2, 0.25) is 0 Å².